The van der Waals surface area contributed by atoms with E-state index in [1.54, 1.807) is 0 Å². The Balaban J connectivity index is 2.10. The van der Waals surface area contributed by atoms with E-state index < -0.39 is 20.2 Å². The SMILES string of the molecule is Cc1cc[c]([Sb]([c]2ccc(C)cc2)[c]2ccc(C)cc2)cc1. The van der Waals surface area contributed by atoms with E-state index >= 15 is 0 Å². The van der Waals surface area contributed by atoms with Crippen molar-refractivity contribution in [1.82, 2.24) is 0 Å². The van der Waals surface area contributed by atoms with Gasteiger partial charge in [-0.1, -0.05) is 0 Å². The molecule has 0 aliphatic rings. The number of rotatable bonds is 3. The van der Waals surface area contributed by atoms with Crippen molar-refractivity contribution in [3.05, 3.63) is 89.5 Å². The van der Waals surface area contributed by atoms with E-state index in [1.807, 2.05) is 0 Å². The van der Waals surface area contributed by atoms with Gasteiger partial charge in [0.2, 0.25) is 0 Å². The molecule has 0 spiro atoms. The number of hydrogen-bond donors (Lipinski definition) is 0. The van der Waals surface area contributed by atoms with Crippen LogP contribution in [0.15, 0.2) is 72.8 Å². The number of aryl methyl sites for hydroxylation is 3. The van der Waals surface area contributed by atoms with Crippen molar-refractivity contribution in [3.63, 3.8) is 0 Å². The summed E-state index contributed by atoms with van der Waals surface area (Å²) in [6.45, 7) is 6.47. The molecule has 0 aromatic heterocycles. The molecule has 0 bridgehead atoms. The molecule has 110 valence electrons. The quantitative estimate of drug-likeness (QED) is 0.598. The van der Waals surface area contributed by atoms with Crippen LogP contribution in [0.25, 0.3) is 0 Å². The minimum atomic E-state index is -1.90. The van der Waals surface area contributed by atoms with Crippen LogP contribution in [0, 0.1) is 20.8 Å². The molecule has 0 aliphatic heterocycles. The van der Waals surface area contributed by atoms with Crippen LogP contribution in [0.5, 0.6) is 0 Å². The molecule has 0 saturated heterocycles. The van der Waals surface area contributed by atoms with Gasteiger partial charge in [0.05, 0.1) is 0 Å². The van der Waals surface area contributed by atoms with Crippen LogP contribution in [0.1, 0.15) is 16.7 Å². The predicted octanol–water partition coefficient (Wildman–Crippen LogP) is 3.13. The summed E-state index contributed by atoms with van der Waals surface area (Å²) < 4.78 is 4.59. The van der Waals surface area contributed by atoms with Gasteiger partial charge in [-0.25, -0.2) is 0 Å². The fraction of sp³-hybridized carbons (Fsp3) is 0.143. The van der Waals surface area contributed by atoms with E-state index in [-0.39, 0.29) is 0 Å². The summed E-state index contributed by atoms with van der Waals surface area (Å²) in [6.07, 6.45) is 0. The summed E-state index contributed by atoms with van der Waals surface area (Å²) in [5.74, 6) is 0. The summed E-state index contributed by atoms with van der Waals surface area (Å²) in [5, 5.41) is 0. The fourth-order valence-corrected chi connectivity index (χ4v) is 8.91. The van der Waals surface area contributed by atoms with Gasteiger partial charge in [-0.15, -0.1) is 0 Å². The Morgan fingerprint density at radius 1 is 0.409 bits per heavy atom. The van der Waals surface area contributed by atoms with Crippen molar-refractivity contribution >= 4 is 30.7 Å². The topological polar surface area (TPSA) is 0 Å². The summed E-state index contributed by atoms with van der Waals surface area (Å²) in [4.78, 5) is 0. The van der Waals surface area contributed by atoms with E-state index in [2.05, 4.69) is 93.6 Å². The maximum atomic E-state index is 2.33. The van der Waals surface area contributed by atoms with Crippen molar-refractivity contribution in [2.75, 3.05) is 0 Å². The first-order valence-electron chi connectivity index (χ1n) is 7.63. The van der Waals surface area contributed by atoms with Gasteiger partial charge in [-0.05, 0) is 0 Å². The van der Waals surface area contributed by atoms with Gasteiger partial charge in [0, 0.05) is 0 Å². The Kier molecular flexibility index (Phi) is 4.69. The van der Waals surface area contributed by atoms with Crippen molar-refractivity contribution in [2.24, 2.45) is 0 Å². The summed E-state index contributed by atoms with van der Waals surface area (Å²) in [6, 6.07) is 27.5. The van der Waals surface area contributed by atoms with E-state index in [0.29, 0.717) is 0 Å². The van der Waals surface area contributed by atoms with Crippen molar-refractivity contribution in [2.45, 2.75) is 20.8 Å². The maximum absolute atomic E-state index is 2.33. The third kappa shape index (κ3) is 3.45. The fourth-order valence-electron chi connectivity index (χ4n) is 2.53. The zero-order valence-electron chi connectivity index (χ0n) is 13.4. The van der Waals surface area contributed by atoms with E-state index in [1.165, 1.54) is 27.2 Å². The second-order valence-corrected chi connectivity index (χ2v) is 12.2. The molecule has 0 saturated carbocycles. The second kappa shape index (κ2) is 6.71. The van der Waals surface area contributed by atoms with E-state index in [4.69, 9.17) is 0 Å². The molecule has 0 amide bonds. The summed E-state index contributed by atoms with van der Waals surface area (Å²) in [7, 11) is 0. The summed E-state index contributed by atoms with van der Waals surface area (Å²) in [5.41, 5.74) is 3.99. The molecule has 0 radical (unpaired) electrons. The molecular weight excluding hydrogens is 374 g/mol. The van der Waals surface area contributed by atoms with Gasteiger partial charge in [0.15, 0.2) is 0 Å². The summed E-state index contributed by atoms with van der Waals surface area (Å²) >= 11 is -1.90. The average Bonchev–Trinajstić information content (AvgIpc) is 2.53. The third-order valence-electron chi connectivity index (χ3n) is 3.88. The Labute approximate surface area is 140 Å². The average molecular weight is 395 g/mol. The van der Waals surface area contributed by atoms with Gasteiger partial charge in [0.25, 0.3) is 0 Å². The zero-order valence-corrected chi connectivity index (χ0v) is 15.9. The number of benzene rings is 3. The van der Waals surface area contributed by atoms with Crippen LogP contribution in [0.4, 0.5) is 0 Å². The molecule has 0 heterocycles. The standard InChI is InChI=1S/3C7H7.Sb/c3*1-7-5-3-2-4-6-7;/h3*3-6H,1H3;. The Bertz CT molecular complexity index is 629. The van der Waals surface area contributed by atoms with Gasteiger partial charge >= 0.3 is 141 Å². The molecule has 0 atom stereocenters. The molecule has 0 nitrogen and oxygen atoms in total. The van der Waals surface area contributed by atoms with Crippen LogP contribution in [-0.4, -0.2) is 20.2 Å². The van der Waals surface area contributed by atoms with E-state index in [9.17, 15) is 0 Å². The Hall–Kier alpha value is -1.52. The molecule has 0 unspecified atom stereocenters. The zero-order chi connectivity index (χ0) is 15.5. The second-order valence-electron chi connectivity index (χ2n) is 5.84. The van der Waals surface area contributed by atoms with Gasteiger partial charge in [0.1, 0.15) is 0 Å². The van der Waals surface area contributed by atoms with Crippen molar-refractivity contribution in [3.8, 4) is 0 Å². The molecule has 3 rings (SSSR count). The van der Waals surface area contributed by atoms with Crippen molar-refractivity contribution < 1.29 is 0 Å². The van der Waals surface area contributed by atoms with Gasteiger partial charge in [-0.2, -0.15) is 0 Å². The van der Waals surface area contributed by atoms with Crippen LogP contribution in [0.3, 0.4) is 0 Å². The van der Waals surface area contributed by atoms with Gasteiger partial charge in [-0.3, -0.25) is 0 Å². The first-order valence-corrected chi connectivity index (χ1v) is 11.5. The Morgan fingerprint density at radius 2 is 0.636 bits per heavy atom. The molecule has 0 aliphatic carbocycles. The van der Waals surface area contributed by atoms with E-state index in [0.717, 1.165) is 0 Å². The normalized spacial score (nSPS) is 10.9. The first-order chi connectivity index (χ1) is 10.6. The molecular formula is C21H21Sb. The minimum absolute atomic E-state index is 1.33. The van der Waals surface area contributed by atoms with Crippen LogP contribution in [0.2, 0.25) is 0 Å². The Morgan fingerprint density at radius 3 is 0.864 bits per heavy atom. The third-order valence-corrected chi connectivity index (χ3v) is 10.9. The van der Waals surface area contributed by atoms with Crippen molar-refractivity contribution in [1.29, 1.82) is 0 Å². The predicted molar refractivity (Wildman–Crippen MR) is 98.2 cm³/mol. The molecule has 1 heteroatoms. The first kappa shape index (κ1) is 15.4. The van der Waals surface area contributed by atoms with Gasteiger partial charge < -0.3 is 0 Å². The molecule has 3 aromatic carbocycles. The monoisotopic (exact) mass is 394 g/mol. The molecule has 0 fully saturated rings. The van der Waals surface area contributed by atoms with Crippen LogP contribution < -0.4 is 10.5 Å². The molecule has 3 aromatic rings. The number of hydrogen-bond acceptors (Lipinski definition) is 0. The van der Waals surface area contributed by atoms with Crippen LogP contribution >= 0.6 is 0 Å². The van der Waals surface area contributed by atoms with Crippen LogP contribution in [-0.2, 0) is 0 Å². The molecule has 0 N–H and O–H groups in total. The molecule has 22 heavy (non-hydrogen) atoms.